The van der Waals surface area contributed by atoms with E-state index in [0.717, 1.165) is 5.56 Å². The third kappa shape index (κ3) is 5.07. The van der Waals surface area contributed by atoms with Crippen molar-refractivity contribution in [3.05, 3.63) is 41.5 Å². The first-order valence-electron chi connectivity index (χ1n) is 11.0. The van der Waals surface area contributed by atoms with Crippen molar-refractivity contribution in [2.75, 3.05) is 41.1 Å². The molecule has 1 aliphatic rings. The minimum Gasteiger partial charge on any atom is -0.497 e. The number of nitrogens with zero attached hydrogens (tertiary/aromatic N) is 1. The summed E-state index contributed by atoms with van der Waals surface area (Å²) in [6.45, 7) is 4.76. The van der Waals surface area contributed by atoms with Gasteiger partial charge in [0.05, 0.1) is 47.0 Å². The number of esters is 1. The number of methoxy groups -OCH3 is 3. The lowest BCUT2D eigenvalue weighted by Gasteiger charge is -2.36. The Morgan fingerprint density at radius 3 is 2.24 bits per heavy atom. The highest BCUT2D eigenvalue weighted by atomic mass is 32.2. The molecule has 1 aliphatic heterocycles. The Hall–Kier alpha value is -2.98. The summed E-state index contributed by atoms with van der Waals surface area (Å²) in [5.74, 6) is 1.12. The van der Waals surface area contributed by atoms with Crippen molar-refractivity contribution in [2.45, 2.75) is 37.6 Å². The molecule has 9 nitrogen and oxygen atoms in total. The Morgan fingerprint density at radius 1 is 0.971 bits per heavy atom. The van der Waals surface area contributed by atoms with Crippen LogP contribution in [0, 0.1) is 0 Å². The zero-order valence-electron chi connectivity index (χ0n) is 20.1. The predicted octanol–water partition coefficient (Wildman–Crippen LogP) is 3.35. The number of ether oxygens (including phenoxy) is 5. The van der Waals surface area contributed by atoms with Gasteiger partial charge >= 0.3 is 5.97 Å². The molecule has 34 heavy (non-hydrogen) atoms. The first-order valence-corrected chi connectivity index (χ1v) is 12.5. The van der Waals surface area contributed by atoms with Gasteiger partial charge in [-0.25, -0.2) is 8.42 Å². The number of hydrogen-bond donors (Lipinski definition) is 0. The summed E-state index contributed by atoms with van der Waals surface area (Å²) in [6, 6.07) is 7.42. The average Bonchev–Trinajstić information content (AvgIpc) is 2.84. The fourth-order valence-electron chi connectivity index (χ4n) is 4.08. The van der Waals surface area contributed by atoms with Gasteiger partial charge in [0.1, 0.15) is 16.4 Å². The first kappa shape index (κ1) is 25.6. The van der Waals surface area contributed by atoms with Crippen LogP contribution >= 0.6 is 0 Å². The van der Waals surface area contributed by atoms with Crippen LogP contribution in [0.25, 0.3) is 0 Å². The van der Waals surface area contributed by atoms with E-state index in [1.807, 2.05) is 19.9 Å². The van der Waals surface area contributed by atoms with Gasteiger partial charge in [-0.1, -0.05) is 0 Å². The van der Waals surface area contributed by atoms with Crippen LogP contribution in [0.4, 0.5) is 0 Å². The molecule has 0 spiro atoms. The molecule has 0 N–H and O–H groups in total. The molecule has 0 fully saturated rings. The molecule has 0 aliphatic carbocycles. The van der Waals surface area contributed by atoms with Gasteiger partial charge in [-0.15, -0.1) is 0 Å². The summed E-state index contributed by atoms with van der Waals surface area (Å²) in [7, 11) is 0.0611. The van der Waals surface area contributed by atoms with E-state index in [1.165, 1.54) is 31.7 Å². The lowest BCUT2D eigenvalue weighted by Crippen LogP contribution is -2.41. The summed E-state index contributed by atoms with van der Waals surface area (Å²) >= 11 is 0. The summed E-state index contributed by atoms with van der Waals surface area (Å²) in [5, 5.41) is 0. The highest BCUT2D eigenvalue weighted by Crippen LogP contribution is 2.43. The van der Waals surface area contributed by atoms with Crippen molar-refractivity contribution in [1.29, 1.82) is 0 Å². The Kier molecular flexibility index (Phi) is 8.27. The maximum atomic E-state index is 13.9. The number of rotatable bonds is 10. The van der Waals surface area contributed by atoms with Gasteiger partial charge in [-0.2, -0.15) is 4.31 Å². The van der Waals surface area contributed by atoms with Gasteiger partial charge in [0, 0.05) is 12.6 Å². The molecule has 10 heteroatoms. The van der Waals surface area contributed by atoms with Crippen LogP contribution in [-0.4, -0.2) is 59.8 Å². The fraction of sp³-hybridized carbons (Fsp3) is 0.458. The number of hydrogen-bond acceptors (Lipinski definition) is 8. The van der Waals surface area contributed by atoms with E-state index in [4.69, 9.17) is 23.7 Å². The smallest absolute Gasteiger partial charge is 0.307 e. The molecular weight excluding hydrogens is 462 g/mol. The van der Waals surface area contributed by atoms with Crippen molar-refractivity contribution < 1.29 is 36.9 Å². The number of carbonyl (C=O) groups is 1. The first-order chi connectivity index (χ1) is 16.3. The van der Waals surface area contributed by atoms with Crippen molar-refractivity contribution in [3.63, 3.8) is 0 Å². The summed E-state index contributed by atoms with van der Waals surface area (Å²) in [5.41, 5.74) is 1.57. The van der Waals surface area contributed by atoms with Gasteiger partial charge in [0.25, 0.3) is 0 Å². The topological polar surface area (TPSA) is 101 Å². The molecule has 0 unspecified atom stereocenters. The maximum absolute atomic E-state index is 13.9. The predicted molar refractivity (Wildman–Crippen MR) is 125 cm³/mol. The van der Waals surface area contributed by atoms with Crippen molar-refractivity contribution >= 4 is 16.0 Å². The lowest BCUT2D eigenvalue weighted by atomic mass is 9.91. The third-order valence-corrected chi connectivity index (χ3v) is 7.59. The molecule has 0 saturated carbocycles. The lowest BCUT2D eigenvalue weighted by molar-refractivity contribution is -0.141. The van der Waals surface area contributed by atoms with Gasteiger partial charge in [0.15, 0.2) is 11.5 Å². The fourth-order valence-corrected chi connectivity index (χ4v) is 5.85. The Bertz CT molecular complexity index is 1130. The van der Waals surface area contributed by atoms with E-state index in [1.54, 1.807) is 18.2 Å². The highest BCUT2D eigenvalue weighted by molar-refractivity contribution is 7.89. The van der Waals surface area contributed by atoms with Crippen molar-refractivity contribution in [3.8, 4) is 23.0 Å². The molecule has 0 bridgehead atoms. The van der Waals surface area contributed by atoms with E-state index in [2.05, 4.69) is 0 Å². The number of sulfonamides is 1. The Morgan fingerprint density at radius 2 is 1.65 bits per heavy atom. The molecule has 0 aromatic heterocycles. The van der Waals surface area contributed by atoms with Crippen LogP contribution in [0.1, 0.15) is 37.4 Å². The van der Waals surface area contributed by atoms with Crippen LogP contribution in [0.2, 0.25) is 0 Å². The van der Waals surface area contributed by atoms with Gasteiger partial charge in [0.2, 0.25) is 10.0 Å². The van der Waals surface area contributed by atoms with Gasteiger partial charge < -0.3 is 23.7 Å². The van der Waals surface area contributed by atoms with E-state index in [0.29, 0.717) is 42.4 Å². The normalized spacial score (nSPS) is 15.9. The minimum atomic E-state index is -4.08. The zero-order valence-corrected chi connectivity index (χ0v) is 20.9. The quantitative estimate of drug-likeness (QED) is 0.465. The average molecular weight is 494 g/mol. The second-order valence-electron chi connectivity index (χ2n) is 7.54. The van der Waals surface area contributed by atoms with Crippen LogP contribution in [0.15, 0.2) is 35.2 Å². The molecule has 0 radical (unpaired) electrons. The minimum absolute atomic E-state index is 0.0383. The summed E-state index contributed by atoms with van der Waals surface area (Å²) in [6.07, 6.45) is 0.277. The molecule has 1 atom stereocenters. The van der Waals surface area contributed by atoms with Crippen LogP contribution in [0.3, 0.4) is 0 Å². The van der Waals surface area contributed by atoms with Crippen LogP contribution in [-0.2, 0) is 26.0 Å². The van der Waals surface area contributed by atoms with E-state index < -0.39 is 22.0 Å². The molecule has 186 valence electrons. The van der Waals surface area contributed by atoms with Crippen LogP contribution in [0.5, 0.6) is 23.0 Å². The standard InChI is InChI=1S/C24H31NO8S/c1-6-32-21-12-16-10-11-25(19(15-24(26)31-5)18(16)14-22(21)33-7-2)34(27,28)23-13-17(29-3)8-9-20(23)30-4/h8-9,12-14,19H,6-7,10-11,15H2,1-5H3/t19-/m0/s1. The van der Waals surface area contributed by atoms with E-state index in [9.17, 15) is 13.2 Å². The molecule has 0 amide bonds. The summed E-state index contributed by atoms with van der Waals surface area (Å²) in [4.78, 5) is 12.3. The van der Waals surface area contributed by atoms with Gasteiger partial charge in [-0.05, 0) is 55.7 Å². The van der Waals surface area contributed by atoms with E-state index in [-0.39, 0.29) is 23.6 Å². The Labute approximate surface area is 200 Å². The largest absolute Gasteiger partial charge is 0.497 e. The SMILES string of the molecule is CCOc1cc2c(cc1OCC)[C@H](CC(=O)OC)N(S(=O)(=O)c1cc(OC)ccc1OC)CC2. The molecular formula is C24H31NO8S. The summed E-state index contributed by atoms with van der Waals surface area (Å²) < 4.78 is 56.1. The second-order valence-corrected chi connectivity index (χ2v) is 9.40. The third-order valence-electron chi connectivity index (χ3n) is 5.66. The monoisotopic (exact) mass is 493 g/mol. The molecule has 2 aromatic rings. The number of benzene rings is 2. The van der Waals surface area contributed by atoms with Crippen LogP contribution < -0.4 is 18.9 Å². The number of fused-ring (bicyclic) bond motifs is 1. The van der Waals surface area contributed by atoms with Crippen molar-refractivity contribution in [1.82, 2.24) is 4.31 Å². The molecule has 1 heterocycles. The molecule has 3 rings (SSSR count). The highest BCUT2D eigenvalue weighted by Gasteiger charge is 2.40. The maximum Gasteiger partial charge on any atom is 0.307 e. The molecule has 0 saturated heterocycles. The van der Waals surface area contributed by atoms with Crippen molar-refractivity contribution in [2.24, 2.45) is 0 Å². The second kappa shape index (κ2) is 11.0. The molecule has 2 aromatic carbocycles. The number of carbonyl (C=O) groups excluding carboxylic acids is 1. The zero-order chi connectivity index (χ0) is 24.9. The van der Waals surface area contributed by atoms with E-state index >= 15 is 0 Å². The Balaban J connectivity index is 2.16. The van der Waals surface area contributed by atoms with Gasteiger partial charge in [-0.3, -0.25) is 4.79 Å².